The van der Waals surface area contributed by atoms with Crippen molar-refractivity contribution in [3.63, 3.8) is 0 Å². The molecule has 0 saturated carbocycles. The maximum absolute atomic E-state index is 14.5. The molecular weight excluding hydrogens is 392 g/mol. The van der Waals surface area contributed by atoms with E-state index in [1.165, 1.54) is 13.2 Å². The van der Waals surface area contributed by atoms with Crippen LogP contribution in [0.4, 0.5) is 8.78 Å². The summed E-state index contributed by atoms with van der Waals surface area (Å²) in [5.41, 5.74) is 2.61. The van der Waals surface area contributed by atoms with Crippen LogP contribution in [0.15, 0.2) is 42.5 Å². The average Bonchev–Trinajstić information content (AvgIpc) is 2.67. The third-order valence-corrected chi connectivity index (χ3v) is 4.56. The van der Waals surface area contributed by atoms with Gasteiger partial charge in [0.1, 0.15) is 11.6 Å². The molecule has 0 spiro atoms. The highest BCUT2D eigenvalue weighted by Gasteiger charge is 2.29. The van der Waals surface area contributed by atoms with Gasteiger partial charge in [-0.05, 0) is 35.7 Å². The first-order chi connectivity index (χ1) is 13.4. The van der Waals surface area contributed by atoms with Crippen LogP contribution in [0.2, 0.25) is 5.02 Å². The predicted molar refractivity (Wildman–Crippen MR) is 100 cm³/mol. The number of rotatable bonds is 10. The lowest BCUT2D eigenvalue weighted by Crippen LogP contribution is -2.33. The van der Waals surface area contributed by atoms with Crippen molar-refractivity contribution < 1.29 is 28.3 Å². The summed E-state index contributed by atoms with van der Waals surface area (Å²) in [6.45, 7) is 0.441. The van der Waals surface area contributed by atoms with Gasteiger partial charge in [-0.2, -0.15) is 0 Å². The molecule has 0 bridgehead atoms. The lowest BCUT2D eigenvalue weighted by Gasteiger charge is -2.28. The molecule has 2 rings (SSSR count). The van der Waals surface area contributed by atoms with Crippen molar-refractivity contribution in [2.24, 2.45) is 0 Å². The van der Waals surface area contributed by atoms with Crippen LogP contribution < -0.4 is 5.48 Å². The Morgan fingerprint density at radius 1 is 1.18 bits per heavy atom. The highest BCUT2D eigenvalue weighted by Crippen LogP contribution is 2.31. The summed E-state index contributed by atoms with van der Waals surface area (Å²) in [5, 5.41) is 9.46. The number of carbonyl (C=O) groups is 1. The third kappa shape index (κ3) is 6.53. The van der Waals surface area contributed by atoms with Gasteiger partial charge in [-0.15, -0.1) is 0 Å². The first kappa shape index (κ1) is 22.2. The van der Waals surface area contributed by atoms with Crippen LogP contribution in [0.3, 0.4) is 0 Å². The number of methoxy groups -OCH3 is 1. The monoisotopic (exact) mass is 413 g/mol. The number of hydroxylamine groups is 1. The largest absolute Gasteiger partial charge is 0.382 e. The second-order valence-electron chi connectivity index (χ2n) is 6.24. The van der Waals surface area contributed by atoms with E-state index in [9.17, 15) is 13.6 Å². The van der Waals surface area contributed by atoms with Gasteiger partial charge in [-0.3, -0.25) is 10.0 Å². The molecule has 5 nitrogen and oxygen atoms in total. The predicted octanol–water partition coefficient (Wildman–Crippen LogP) is 3.87. The maximum Gasteiger partial charge on any atom is 0.245 e. The van der Waals surface area contributed by atoms with Gasteiger partial charge < -0.3 is 9.47 Å². The van der Waals surface area contributed by atoms with Crippen LogP contribution in [0.25, 0.3) is 0 Å². The van der Waals surface area contributed by atoms with Crippen molar-refractivity contribution in [3.05, 3.63) is 70.2 Å². The number of nitrogens with one attached hydrogen (secondary N) is 1. The van der Waals surface area contributed by atoms with E-state index in [1.807, 2.05) is 0 Å². The Kier molecular flexibility index (Phi) is 8.79. The number of benzene rings is 2. The molecule has 1 amide bonds. The van der Waals surface area contributed by atoms with E-state index in [1.54, 1.807) is 29.7 Å². The fourth-order valence-corrected chi connectivity index (χ4v) is 3.07. The molecule has 28 heavy (non-hydrogen) atoms. The summed E-state index contributed by atoms with van der Waals surface area (Å²) < 4.78 is 38.7. The molecule has 0 aliphatic rings. The van der Waals surface area contributed by atoms with Gasteiger partial charge in [0.15, 0.2) is 0 Å². The fourth-order valence-electron chi connectivity index (χ4n) is 2.95. The van der Waals surface area contributed by atoms with Gasteiger partial charge in [-0.1, -0.05) is 29.8 Å². The minimum atomic E-state index is -0.780. The number of amides is 1. The molecule has 2 N–H and O–H groups in total. The quantitative estimate of drug-likeness (QED) is 0.352. The van der Waals surface area contributed by atoms with Gasteiger partial charge in [0.2, 0.25) is 5.91 Å². The summed E-state index contributed by atoms with van der Waals surface area (Å²) in [6.07, 6.45) is -0.677. The van der Waals surface area contributed by atoms with Gasteiger partial charge in [0.25, 0.3) is 0 Å². The Labute approximate surface area is 167 Å². The SMILES string of the molecule is COCCO[C@H](CC(=O)NO)[C@H](Cc1ccc(Cl)cc1)c1ccc(F)cc1F. The van der Waals surface area contributed by atoms with Crippen molar-refractivity contribution in [1.82, 2.24) is 5.48 Å². The number of hydrogen-bond acceptors (Lipinski definition) is 4. The van der Waals surface area contributed by atoms with Crippen LogP contribution in [-0.4, -0.2) is 37.5 Å². The maximum atomic E-state index is 14.5. The number of halogens is 3. The molecule has 0 aliphatic heterocycles. The average molecular weight is 414 g/mol. The Bertz CT molecular complexity index is 773. The normalized spacial score (nSPS) is 13.2. The van der Waals surface area contributed by atoms with Crippen LogP contribution in [0.5, 0.6) is 0 Å². The third-order valence-electron chi connectivity index (χ3n) is 4.31. The minimum absolute atomic E-state index is 0.166. The zero-order chi connectivity index (χ0) is 20.5. The van der Waals surface area contributed by atoms with E-state index in [-0.39, 0.29) is 25.2 Å². The topological polar surface area (TPSA) is 67.8 Å². The highest BCUT2D eigenvalue weighted by molar-refractivity contribution is 6.30. The molecule has 8 heteroatoms. The molecule has 2 atom stereocenters. The van der Waals surface area contributed by atoms with Crippen molar-refractivity contribution in [2.45, 2.75) is 24.9 Å². The van der Waals surface area contributed by atoms with Gasteiger partial charge in [0.05, 0.1) is 25.7 Å². The van der Waals surface area contributed by atoms with Crippen molar-refractivity contribution in [3.8, 4) is 0 Å². The molecule has 0 aromatic heterocycles. The summed E-state index contributed by atoms with van der Waals surface area (Å²) in [4.78, 5) is 11.8. The van der Waals surface area contributed by atoms with Crippen LogP contribution in [-0.2, 0) is 20.7 Å². The number of carbonyl (C=O) groups excluding carboxylic acids is 1. The molecule has 0 unspecified atom stereocenters. The van der Waals surface area contributed by atoms with Crippen LogP contribution in [0, 0.1) is 11.6 Å². The molecule has 0 saturated heterocycles. The van der Waals surface area contributed by atoms with Crippen LogP contribution >= 0.6 is 11.6 Å². The summed E-state index contributed by atoms with van der Waals surface area (Å²) in [6, 6.07) is 10.3. The first-order valence-corrected chi connectivity index (χ1v) is 9.05. The molecule has 2 aromatic rings. The molecule has 0 aliphatic carbocycles. The summed E-state index contributed by atoms with van der Waals surface area (Å²) in [5.74, 6) is -2.72. The summed E-state index contributed by atoms with van der Waals surface area (Å²) in [7, 11) is 1.50. The lowest BCUT2D eigenvalue weighted by molar-refractivity contribution is -0.133. The van der Waals surface area contributed by atoms with Crippen molar-refractivity contribution in [1.29, 1.82) is 0 Å². The smallest absolute Gasteiger partial charge is 0.245 e. The van der Waals surface area contributed by atoms with Crippen molar-refractivity contribution in [2.75, 3.05) is 20.3 Å². The first-order valence-electron chi connectivity index (χ1n) is 8.67. The molecule has 0 fully saturated rings. The number of ether oxygens (including phenoxy) is 2. The molecule has 2 aromatic carbocycles. The molecule has 152 valence electrons. The lowest BCUT2D eigenvalue weighted by atomic mass is 9.85. The fraction of sp³-hybridized carbons (Fsp3) is 0.350. The van der Waals surface area contributed by atoms with E-state index >= 15 is 0 Å². The van der Waals surface area contributed by atoms with E-state index in [0.29, 0.717) is 11.4 Å². The summed E-state index contributed by atoms with van der Waals surface area (Å²) >= 11 is 5.92. The highest BCUT2D eigenvalue weighted by atomic mass is 35.5. The zero-order valence-electron chi connectivity index (χ0n) is 15.3. The van der Waals surface area contributed by atoms with E-state index in [4.69, 9.17) is 26.3 Å². The molecule has 0 heterocycles. The Morgan fingerprint density at radius 2 is 1.89 bits per heavy atom. The van der Waals surface area contributed by atoms with Crippen LogP contribution in [0.1, 0.15) is 23.5 Å². The number of hydrogen-bond donors (Lipinski definition) is 2. The van der Waals surface area contributed by atoms with Gasteiger partial charge in [0, 0.05) is 24.1 Å². The van der Waals surface area contributed by atoms with Gasteiger partial charge >= 0.3 is 0 Å². The van der Waals surface area contributed by atoms with Crippen molar-refractivity contribution >= 4 is 17.5 Å². The molecule has 0 radical (unpaired) electrons. The van der Waals surface area contributed by atoms with E-state index in [2.05, 4.69) is 0 Å². The van der Waals surface area contributed by atoms with E-state index in [0.717, 1.165) is 17.7 Å². The van der Waals surface area contributed by atoms with Gasteiger partial charge in [-0.25, -0.2) is 14.3 Å². The Hall–Kier alpha value is -2.06. The minimum Gasteiger partial charge on any atom is -0.382 e. The standard InChI is InChI=1S/C20H22ClF2NO4/c1-27-8-9-28-19(12-20(25)24-26)17(10-13-2-4-14(21)5-3-13)16-7-6-15(22)11-18(16)23/h2-7,11,17,19,26H,8-10,12H2,1H3,(H,24,25)/t17-,19-/m1/s1. The Balaban J connectivity index is 2.38. The Morgan fingerprint density at radius 3 is 2.50 bits per heavy atom. The zero-order valence-corrected chi connectivity index (χ0v) is 16.1. The van der Waals surface area contributed by atoms with E-state index < -0.39 is 29.6 Å². The second-order valence-corrected chi connectivity index (χ2v) is 6.68. The second kappa shape index (κ2) is 11.1. The molecular formula is C20H22ClF2NO4.